The largest absolute Gasteiger partial charge is 0.370 e. The average molecular weight is 401 g/mol. The molecule has 0 saturated carbocycles. The fraction of sp³-hybridized carbons (Fsp3) is 0.0870. The van der Waals surface area contributed by atoms with Gasteiger partial charge in [-0.25, -0.2) is 0 Å². The van der Waals surface area contributed by atoms with Crippen molar-refractivity contribution < 1.29 is 9.59 Å². The van der Waals surface area contributed by atoms with Crippen molar-refractivity contribution in [3.8, 4) is 0 Å². The molecular formula is C23H19N3O2S. The zero-order valence-corrected chi connectivity index (χ0v) is 16.4. The van der Waals surface area contributed by atoms with Crippen molar-refractivity contribution in [2.24, 2.45) is 5.73 Å². The molecular weight excluding hydrogens is 382 g/mol. The Morgan fingerprint density at radius 1 is 0.966 bits per heavy atom. The smallest absolute Gasteiger partial charge is 0.221 e. The van der Waals surface area contributed by atoms with Crippen LogP contribution in [0.1, 0.15) is 27.9 Å². The van der Waals surface area contributed by atoms with E-state index in [-0.39, 0.29) is 12.2 Å². The van der Waals surface area contributed by atoms with E-state index in [0.717, 1.165) is 11.3 Å². The second-order valence-electron chi connectivity index (χ2n) is 6.65. The van der Waals surface area contributed by atoms with Crippen LogP contribution in [0, 0.1) is 0 Å². The van der Waals surface area contributed by atoms with Crippen molar-refractivity contribution in [1.82, 2.24) is 4.98 Å². The standard InChI is InChI=1S/C23H19N3O2S/c24-21(27)16-23(18-10-12-25-13-11-18)26(14-15-29-23)20-9-5-4-8-19(20)22(28)17-6-2-1-3-7-17/h1-15H,16H2,(H2,24,27). The molecule has 0 aliphatic carbocycles. The Morgan fingerprint density at radius 2 is 1.66 bits per heavy atom. The quantitative estimate of drug-likeness (QED) is 0.630. The molecule has 6 heteroatoms. The summed E-state index contributed by atoms with van der Waals surface area (Å²) in [4.78, 5) is 30.5. The summed E-state index contributed by atoms with van der Waals surface area (Å²) in [6.07, 6.45) is 5.36. The molecule has 1 amide bonds. The molecule has 0 saturated heterocycles. The molecule has 1 unspecified atom stereocenters. The minimum atomic E-state index is -0.776. The van der Waals surface area contributed by atoms with Gasteiger partial charge in [0.25, 0.3) is 0 Å². The second-order valence-corrected chi connectivity index (χ2v) is 7.83. The average Bonchev–Trinajstić information content (AvgIpc) is 3.18. The maximum atomic E-state index is 13.2. The highest BCUT2D eigenvalue weighted by atomic mass is 32.2. The number of thioether (sulfide) groups is 1. The fourth-order valence-electron chi connectivity index (χ4n) is 3.56. The third kappa shape index (κ3) is 3.54. The van der Waals surface area contributed by atoms with Crippen molar-refractivity contribution in [1.29, 1.82) is 0 Å². The zero-order valence-electron chi connectivity index (χ0n) is 15.6. The summed E-state index contributed by atoms with van der Waals surface area (Å²) in [6.45, 7) is 0. The first-order valence-electron chi connectivity index (χ1n) is 9.13. The van der Waals surface area contributed by atoms with E-state index < -0.39 is 10.8 Å². The number of ketones is 1. The Labute approximate surface area is 173 Å². The zero-order chi connectivity index (χ0) is 20.3. The molecule has 1 aromatic heterocycles. The van der Waals surface area contributed by atoms with E-state index in [1.807, 2.05) is 71.1 Å². The Balaban J connectivity index is 1.84. The normalized spacial score (nSPS) is 18.0. The maximum Gasteiger partial charge on any atom is 0.221 e. The number of primary amides is 1. The molecule has 0 fully saturated rings. The number of aromatic nitrogens is 1. The summed E-state index contributed by atoms with van der Waals surface area (Å²) in [5, 5.41) is 1.92. The lowest BCUT2D eigenvalue weighted by molar-refractivity contribution is -0.118. The molecule has 144 valence electrons. The molecule has 3 aromatic rings. The van der Waals surface area contributed by atoms with Gasteiger partial charge >= 0.3 is 0 Å². The first-order chi connectivity index (χ1) is 14.1. The van der Waals surface area contributed by atoms with Crippen LogP contribution in [0.2, 0.25) is 0 Å². The van der Waals surface area contributed by atoms with E-state index in [4.69, 9.17) is 5.73 Å². The predicted octanol–water partition coefficient (Wildman–Crippen LogP) is 4.07. The SMILES string of the molecule is NC(=O)CC1(c2ccncc2)SC=CN1c1ccccc1C(=O)c1ccccc1. The molecule has 0 spiro atoms. The van der Waals surface area contributed by atoms with Crippen LogP contribution in [0.4, 0.5) is 5.69 Å². The number of anilines is 1. The molecule has 5 nitrogen and oxygen atoms in total. The number of rotatable bonds is 6. The molecule has 2 N–H and O–H groups in total. The lowest BCUT2D eigenvalue weighted by Crippen LogP contribution is -2.41. The summed E-state index contributed by atoms with van der Waals surface area (Å²) in [7, 11) is 0. The predicted molar refractivity (Wildman–Crippen MR) is 115 cm³/mol. The molecule has 1 aliphatic heterocycles. The minimum Gasteiger partial charge on any atom is -0.370 e. The maximum absolute atomic E-state index is 13.2. The van der Waals surface area contributed by atoms with Crippen LogP contribution < -0.4 is 10.6 Å². The van der Waals surface area contributed by atoms with Gasteiger partial charge in [-0.05, 0) is 35.2 Å². The molecule has 29 heavy (non-hydrogen) atoms. The van der Waals surface area contributed by atoms with Crippen LogP contribution in [0.5, 0.6) is 0 Å². The topological polar surface area (TPSA) is 76.3 Å². The lowest BCUT2D eigenvalue weighted by Gasteiger charge is -2.39. The Kier molecular flexibility index (Phi) is 5.18. The molecule has 0 bridgehead atoms. The van der Waals surface area contributed by atoms with Gasteiger partial charge in [-0.3, -0.25) is 14.6 Å². The van der Waals surface area contributed by atoms with Crippen molar-refractivity contribution in [3.05, 3.63) is 107 Å². The number of benzene rings is 2. The van der Waals surface area contributed by atoms with E-state index in [2.05, 4.69) is 4.98 Å². The summed E-state index contributed by atoms with van der Waals surface area (Å²) >= 11 is 1.50. The number of carbonyl (C=O) groups excluding carboxylic acids is 2. The van der Waals surface area contributed by atoms with E-state index in [0.29, 0.717) is 11.1 Å². The Hall–Kier alpha value is -3.38. The fourth-order valence-corrected chi connectivity index (χ4v) is 4.74. The number of nitrogens with zero attached hydrogens (tertiary/aromatic N) is 2. The number of pyridine rings is 1. The van der Waals surface area contributed by atoms with Crippen LogP contribution in [-0.4, -0.2) is 16.7 Å². The highest BCUT2D eigenvalue weighted by Crippen LogP contribution is 2.50. The molecule has 2 heterocycles. The molecule has 2 aromatic carbocycles. The van der Waals surface area contributed by atoms with Gasteiger partial charge in [-0.2, -0.15) is 0 Å². The minimum absolute atomic E-state index is 0.0748. The first-order valence-corrected chi connectivity index (χ1v) is 10.0. The summed E-state index contributed by atoms with van der Waals surface area (Å²) in [5.74, 6) is -0.496. The van der Waals surface area contributed by atoms with Gasteiger partial charge in [-0.15, -0.1) is 0 Å². The number of nitrogens with two attached hydrogens (primary N) is 1. The number of hydrogen-bond donors (Lipinski definition) is 1. The Morgan fingerprint density at radius 3 is 2.38 bits per heavy atom. The lowest BCUT2D eigenvalue weighted by atomic mass is 9.97. The van der Waals surface area contributed by atoms with Gasteiger partial charge in [0.1, 0.15) is 4.87 Å². The highest BCUT2D eigenvalue weighted by molar-refractivity contribution is 8.03. The number of para-hydroxylation sites is 1. The molecule has 1 atom stereocenters. The molecule has 0 radical (unpaired) electrons. The monoisotopic (exact) mass is 401 g/mol. The van der Waals surface area contributed by atoms with Gasteiger partial charge in [-0.1, -0.05) is 54.2 Å². The second kappa shape index (κ2) is 7.93. The van der Waals surface area contributed by atoms with Gasteiger partial charge in [0.15, 0.2) is 5.78 Å². The van der Waals surface area contributed by atoms with Crippen molar-refractivity contribution in [2.75, 3.05) is 4.90 Å². The van der Waals surface area contributed by atoms with Crippen LogP contribution in [0.3, 0.4) is 0 Å². The van der Waals surface area contributed by atoms with E-state index in [9.17, 15) is 9.59 Å². The molecule has 1 aliphatic rings. The third-order valence-electron chi connectivity index (χ3n) is 4.85. The summed E-state index contributed by atoms with van der Waals surface area (Å²) in [5.41, 5.74) is 8.42. The Bertz CT molecular complexity index is 1070. The van der Waals surface area contributed by atoms with Gasteiger partial charge in [0.2, 0.25) is 5.91 Å². The van der Waals surface area contributed by atoms with Gasteiger partial charge in [0, 0.05) is 29.7 Å². The van der Waals surface area contributed by atoms with Crippen LogP contribution >= 0.6 is 11.8 Å². The summed E-state index contributed by atoms with van der Waals surface area (Å²) < 4.78 is 0. The van der Waals surface area contributed by atoms with E-state index in [1.54, 1.807) is 24.5 Å². The van der Waals surface area contributed by atoms with E-state index >= 15 is 0 Å². The van der Waals surface area contributed by atoms with Crippen LogP contribution in [0.15, 0.2) is 90.7 Å². The van der Waals surface area contributed by atoms with E-state index in [1.165, 1.54) is 11.8 Å². The van der Waals surface area contributed by atoms with Crippen molar-refractivity contribution in [3.63, 3.8) is 0 Å². The van der Waals surface area contributed by atoms with Gasteiger partial charge < -0.3 is 10.6 Å². The molecule has 4 rings (SSSR count). The number of carbonyl (C=O) groups is 2. The van der Waals surface area contributed by atoms with Crippen LogP contribution in [0.25, 0.3) is 0 Å². The first kappa shape index (κ1) is 19.0. The van der Waals surface area contributed by atoms with Crippen LogP contribution in [-0.2, 0) is 9.67 Å². The summed E-state index contributed by atoms with van der Waals surface area (Å²) in [6, 6.07) is 20.3. The van der Waals surface area contributed by atoms with Gasteiger partial charge in [0.05, 0.1) is 12.1 Å². The highest BCUT2D eigenvalue weighted by Gasteiger charge is 2.43. The van der Waals surface area contributed by atoms with Crippen molar-refractivity contribution >= 4 is 29.1 Å². The third-order valence-corrected chi connectivity index (χ3v) is 6.08. The number of hydrogen-bond acceptors (Lipinski definition) is 5. The van der Waals surface area contributed by atoms with Crippen molar-refractivity contribution in [2.45, 2.75) is 11.3 Å². The number of amides is 1.